The molecule has 0 aromatic carbocycles. The minimum absolute atomic E-state index is 0. The molecule has 0 bridgehead atoms. The summed E-state index contributed by atoms with van der Waals surface area (Å²) in [7, 11) is 0. The van der Waals surface area contributed by atoms with Crippen molar-refractivity contribution in [3.8, 4) is 0 Å². The van der Waals surface area contributed by atoms with Gasteiger partial charge in [-0.2, -0.15) is 0 Å². The molecule has 0 aliphatic heterocycles. The van der Waals surface area contributed by atoms with Gasteiger partial charge in [0.15, 0.2) is 0 Å². The first kappa shape index (κ1) is 52.6. The Morgan fingerprint density at radius 2 is 0.500 bits per heavy atom. The molecular formula is BaCaCl4MgO12P4Sr. The fraction of sp³-hybridized carbons (Fsp3) is 0. The second-order valence-electron chi connectivity index (χ2n) is 1.72. The average Bonchev–Trinajstić information content (AvgIpc) is 1.62. The topological polar surface area (TPSA) is 253 Å². The first-order chi connectivity index (χ1) is 8.00. The van der Waals surface area contributed by atoms with Gasteiger partial charge in [-0.25, -0.2) is 0 Å². The van der Waals surface area contributed by atoms with Crippen LogP contribution in [-0.4, -0.2) is 155 Å². The van der Waals surface area contributed by atoms with E-state index in [1.54, 1.807) is 0 Å². The monoisotopic (exact) mass is 745 g/mol. The Balaban J connectivity index is -0.0000000225. The third-order valence-electron chi connectivity index (χ3n) is 0. The van der Waals surface area contributed by atoms with Gasteiger partial charge in [0, 0.05) is 27.8 Å². The van der Waals surface area contributed by atoms with Crippen LogP contribution in [0.1, 0.15) is 0 Å². The summed E-state index contributed by atoms with van der Waals surface area (Å²) in [6.07, 6.45) is 0. The zero-order valence-electron chi connectivity index (χ0n) is 11.0. The maximum Gasteiger partial charge on any atom is 2.00 e. The summed E-state index contributed by atoms with van der Waals surface area (Å²) in [5.41, 5.74) is 0. The van der Waals surface area contributed by atoms with Crippen molar-refractivity contribution in [2.45, 2.75) is 0 Å². The molecule has 0 N–H and O–H groups in total. The van der Waals surface area contributed by atoms with E-state index >= 15 is 0 Å². The van der Waals surface area contributed by atoms with Gasteiger partial charge >= 0.3 is 155 Å². The minimum Gasteiger partial charge on any atom is -0.799 e. The van der Waals surface area contributed by atoms with Gasteiger partial charge in [0.1, 0.15) is 0 Å². The summed E-state index contributed by atoms with van der Waals surface area (Å²) in [6.45, 7) is -18.7. The van der Waals surface area contributed by atoms with Crippen LogP contribution in [0.15, 0.2) is 0 Å². The Kier molecular flexibility index (Phi) is 57.2. The van der Waals surface area contributed by atoms with Crippen molar-refractivity contribution >= 4 is 228 Å². The summed E-state index contributed by atoms with van der Waals surface area (Å²) in [6, 6.07) is 0. The fourth-order valence-corrected chi connectivity index (χ4v) is 0. The van der Waals surface area contributed by atoms with E-state index in [2.05, 4.69) is 45.0 Å². The van der Waals surface area contributed by atoms with Crippen molar-refractivity contribution < 1.29 is 57.4 Å². The molecule has 12 nitrogen and oxygen atoms in total. The summed E-state index contributed by atoms with van der Waals surface area (Å²) in [4.78, 5) is 71.0. The molecule has 0 aliphatic rings. The molecule has 0 radical (unpaired) electrons. The van der Waals surface area contributed by atoms with Crippen molar-refractivity contribution in [2.75, 3.05) is 0 Å². The summed E-state index contributed by atoms with van der Waals surface area (Å²) in [5.74, 6) is 0. The molecule has 128 valence electrons. The third kappa shape index (κ3) is 478. The van der Waals surface area contributed by atoms with Gasteiger partial charge in [-0.15, -0.1) is 0 Å². The number of halogens is 4. The molecule has 0 amide bonds. The summed E-state index contributed by atoms with van der Waals surface area (Å²) < 4.78 is 35.5. The van der Waals surface area contributed by atoms with Gasteiger partial charge in [0.25, 0.3) is 0 Å². The van der Waals surface area contributed by atoms with Crippen LogP contribution in [0.4, 0.5) is 0 Å². The van der Waals surface area contributed by atoms with E-state index < -0.39 is 27.8 Å². The Hall–Kier alpha value is 6.84. The van der Waals surface area contributed by atoms with E-state index in [9.17, 15) is 0 Å². The van der Waals surface area contributed by atoms with E-state index in [1.165, 1.54) is 0 Å². The normalized spacial score (nSPS) is 9.83. The molecule has 0 heterocycles. The maximum atomic E-state index is 8.87. The van der Waals surface area contributed by atoms with Crippen molar-refractivity contribution in [2.24, 2.45) is 0 Å². The molecular weight excluding hydrogens is 747 g/mol. The molecule has 24 heteroatoms. The number of hydrogen-bond donors (Lipinski definition) is 0. The van der Waals surface area contributed by atoms with E-state index in [0.29, 0.717) is 0 Å². The van der Waals surface area contributed by atoms with E-state index in [1.807, 2.05) is 0 Å². The average molecular weight is 747 g/mol. The Labute approximate surface area is 278 Å². The molecule has 0 fully saturated rings. The molecule has 0 aromatic heterocycles. The molecule has 0 aromatic rings. The van der Waals surface area contributed by atoms with Crippen LogP contribution in [0.5, 0.6) is 0 Å². The third-order valence-corrected chi connectivity index (χ3v) is 0. The number of hydrogen-bond acceptors (Lipinski definition) is 12. The second-order valence-corrected chi connectivity index (χ2v) is 10.1. The predicted molar refractivity (Wildman–Crippen MR) is 76.9 cm³/mol. The fourth-order valence-electron chi connectivity index (χ4n) is 0. The molecule has 0 saturated carbocycles. The standard InChI is InChI=1S/Ba.Ca.4ClH2O3P.Mg.Sr/c;;4*1-5(2,3)4;;/h;;4*(H2,2,3,4);;/q2*+2;;;;;2*+2/p-8. The van der Waals surface area contributed by atoms with Crippen molar-refractivity contribution in [1.82, 2.24) is 0 Å². The van der Waals surface area contributed by atoms with Crippen molar-refractivity contribution in [3.63, 3.8) is 0 Å². The van der Waals surface area contributed by atoms with Gasteiger partial charge in [-0.05, 0) is 0 Å². The second kappa shape index (κ2) is 26.1. The quantitative estimate of drug-likeness (QED) is 0.166. The molecule has 0 aliphatic carbocycles. The van der Waals surface area contributed by atoms with Crippen LogP contribution < -0.4 is 39.1 Å². The molecule has 24 heavy (non-hydrogen) atoms. The maximum absolute atomic E-state index is 8.87. The molecule has 0 rings (SSSR count). The smallest absolute Gasteiger partial charge is 0.799 e. The van der Waals surface area contributed by atoms with E-state index in [-0.39, 0.29) is 155 Å². The predicted octanol–water partition coefficient (Wildman–Crippen LogP) is -5.31. The van der Waals surface area contributed by atoms with Crippen molar-refractivity contribution in [1.29, 1.82) is 0 Å². The minimum atomic E-state index is -4.67. The van der Waals surface area contributed by atoms with Crippen LogP contribution in [0.25, 0.3) is 0 Å². The van der Waals surface area contributed by atoms with Gasteiger partial charge in [0.05, 0.1) is 0 Å². The first-order valence-corrected chi connectivity index (χ1v) is 12.7. The summed E-state index contributed by atoms with van der Waals surface area (Å²) in [5, 5.41) is 0. The Morgan fingerprint density at radius 3 is 0.500 bits per heavy atom. The zero-order chi connectivity index (χ0) is 18.0. The largest absolute Gasteiger partial charge is 2.00 e. The SMILES string of the molecule is O=P([O-])([O-])Cl.O=P([O-])([O-])Cl.O=P([O-])([O-])Cl.O=P([O-])([O-])Cl.[Ba+2].[Ca+2].[Mg+2].[Sr+2]. The van der Waals surface area contributed by atoms with Crippen LogP contribution in [0.2, 0.25) is 0 Å². The molecule has 0 unspecified atom stereocenters. The number of rotatable bonds is 0. The Morgan fingerprint density at radius 1 is 0.500 bits per heavy atom. The van der Waals surface area contributed by atoms with Gasteiger partial charge in [0.2, 0.25) is 0 Å². The van der Waals surface area contributed by atoms with Crippen molar-refractivity contribution in [3.05, 3.63) is 0 Å². The molecule has 0 atom stereocenters. The molecule has 0 spiro atoms. The summed E-state index contributed by atoms with van der Waals surface area (Å²) >= 11 is 15.9. The zero-order valence-corrected chi connectivity index (χ0v) is 29.2. The first-order valence-electron chi connectivity index (χ1n) is 2.87. The van der Waals surface area contributed by atoms with Crippen LogP contribution in [-0.2, 0) is 18.3 Å². The van der Waals surface area contributed by atoms with Gasteiger partial charge in [-0.1, -0.05) is 45.0 Å². The van der Waals surface area contributed by atoms with Crippen LogP contribution in [0, 0.1) is 0 Å². The van der Waals surface area contributed by atoms with Gasteiger partial charge < -0.3 is 57.4 Å². The van der Waals surface area contributed by atoms with Gasteiger partial charge in [-0.3, -0.25) is 0 Å². The Bertz CT molecular complexity index is 316. The van der Waals surface area contributed by atoms with Crippen LogP contribution >= 0.6 is 72.8 Å². The van der Waals surface area contributed by atoms with E-state index in [0.717, 1.165) is 0 Å². The van der Waals surface area contributed by atoms with Crippen LogP contribution in [0.3, 0.4) is 0 Å². The molecule has 0 saturated heterocycles. The van der Waals surface area contributed by atoms with E-state index in [4.69, 9.17) is 57.4 Å².